The SMILES string of the molecule is CCNC(=NCc1c(C)nn(C)c1C)N(C)Cc1ccc(CC)cc1. The first-order chi connectivity index (χ1) is 12.0. The second-order valence-corrected chi connectivity index (χ2v) is 6.47. The van der Waals surface area contributed by atoms with Gasteiger partial charge in [-0.3, -0.25) is 4.68 Å². The van der Waals surface area contributed by atoms with Crippen molar-refractivity contribution in [2.24, 2.45) is 12.0 Å². The fourth-order valence-electron chi connectivity index (χ4n) is 2.90. The summed E-state index contributed by atoms with van der Waals surface area (Å²) in [6.07, 6.45) is 1.07. The van der Waals surface area contributed by atoms with Crippen LogP contribution in [-0.4, -0.2) is 34.2 Å². The van der Waals surface area contributed by atoms with Gasteiger partial charge in [-0.2, -0.15) is 5.10 Å². The topological polar surface area (TPSA) is 45.5 Å². The fourth-order valence-corrected chi connectivity index (χ4v) is 2.90. The number of aliphatic imine (C=N–C) groups is 1. The molecule has 0 aliphatic heterocycles. The number of hydrogen-bond acceptors (Lipinski definition) is 2. The number of aryl methyl sites for hydroxylation is 3. The highest BCUT2D eigenvalue weighted by atomic mass is 15.3. The minimum Gasteiger partial charge on any atom is -0.357 e. The van der Waals surface area contributed by atoms with Gasteiger partial charge in [0.25, 0.3) is 0 Å². The van der Waals surface area contributed by atoms with E-state index in [-0.39, 0.29) is 0 Å². The number of guanidine groups is 1. The molecule has 0 saturated heterocycles. The molecule has 1 heterocycles. The molecule has 5 nitrogen and oxygen atoms in total. The minimum atomic E-state index is 0.646. The number of nitrogens with zero attached hydrogens (tertiary/aromatic N) is 4. The summed E-state index contributed by atoms with van der Waals surface area (Å²) in [5.74, 6) is 0.921. The predicted octanol–water partition coefficient (Wildman–Crippen LogP) is 3.20. The van der Waals surface area contributed by atoms with Crippen molar-refractivity contribution < 1.29 is 0 Å². The maximum Gasteiger partial charge on any atom is 0.194 e. The van der Waals surface area contributed by atoms with E-state index in [9.17, 15) is 0 Å². The van der Waals surface area contributed by atoms with Gasteiger partial charge < -0.3 is 10.2 Å². The second-order valence-electron chi connectivity index (χ2n) is 6.47. The van der Waals surface area contributed by atoms with E-state index in [1.165, 1.54) is 22.4 Å². The van der Waals surface area contributed by atoms with Crippen LogP contribution in [0.15, 0.2) is 29.3 Å². The van der Waals surface area contributed by atoms with Gasteiger partial charge in [0.05, 0.1) is 12.2 Å². The number of rotatable bonds is 6. The Morgan fingerprint density at radius 3 is 2.32 bits per heavy atom. The lowest BCUT2D eigenvalue weighted by Gasteiger charge is -2.22. The van der Waals surface area contributed by atoms with E-state index in [2.05, 4.69) is 67.4 Å². The summed E-state index contributed by atoms with van der Waals surface area (Å²) >= 11 is 0. The van der Waals surface area contributed by atoms with Gasteiger partial charge in [-0.1, -0.05) is 31.2 Å². The lowest BCUT2D eigenvalue weighted by molar-refractivity contribution is 0.476. The zero-order chi connectivity index (χ0) is 18.4. The summed E-state index contributed by atoms with van der Waals surface area (Å²) < 4.78 is 1.92. The zero-order valence-electron chi connectivity index (χ0n) is 16.4. The molecular formula is C20H31N5. The maximum absolute atomic E-state index is 4.83. The predicted molar refractivity (Wildman–Crippen MR) is 105 cm³/mol. The highest BCUT2D eigenvalue weighted by Crippen LogP contribution is 2.13. The summed E-state index contributed by atoms with van der Waals surface area (Å²) in [7, 11) is 4.06. The molecule has 0 spiro atoms. The Morgan fingerprint density at radius 2 is 1.80 bits per heavy atom. The molecule has 0 unspecified atom stereocenters. The van der Waals surface area contributed by atoms with Crippen molar-refractivity contribution in [2.45, 2.75) is 47.2 Å². The van der Waals surface area contributed by atoms with Crippen molar-refractivity contribution in [3.8, 4) is 0 Å². The standard InChI is InChI=1S/C20H31N5/c1-7-17-9-11-18(12-10-17)14-24(5)20(21-8-2)22-13-19-15(3)23-25(6)16(19)4/h9-12H,7-8,13-14H2,1-6H3,(H,21,22). The summed E-state index contributed by atoms with van der Waals surface area (Å²) in [6, 6.07) is 8.81. The smallest absolute Gasteiger partial charge is 0.194 e. The first-order valence-electron chi connectivity index (χ1n) is 9.02. The van der Waals surface area contributed by atoms with E-state index in [4.69, 9.17) is 4.99 Å². The first kappa shape index (κ1) is 19.0. The Kier molecular flexibility index (Phi) is 6.62. The number of benzene rings is 1. The van der Waals surface area contributed by atoms with E-state index in [0.717, 1.165) is 31.2 Å². The third kappa shape index (κ3) is 4.84. The monoisotopic (exact) mass is 341 g/mol. The van der Waals surface area contributed by atoms with E-state index >= 15 is 0 Å². The van der Waals surface area contributed by atoms with Crippen LogP contribution >= 0.6 is 0 Å². The van der Waals surface area contributed by atoms with E-state index in [1.54, 1.807) is 0 Å². The third-order valence-electron chi connectivity index (χ3n) is 4.59. The average molecular weight is 342 g/mol. The Hall–Kier alpha value is -2.30. The molecule has 2 rings (SSSR count). The lowest BCUT2D eigenvalue weighted by atomic mass is 10.1. The zero-order valence-corrected chi connectivity index (χ0v) is 16.4. The first-order valence-corrected chi connectivity index (χ1v) is 9.02. The Balaban J connectivity index is 2.11. The fraction of sp³-hybridized carbons (Fsp3) is 0.500. The van der Waals surface area contributed by atoms with Gasteiger partial charge in [-0.25, -0.2) is 4.99 Å². The molecule has 0 aliphatic carbocycles. The molecule has 0 atom stereocenters. The number of hydrogen-bond donors (Lipinski definition) is 1. The molecule has 5 heteroatoms. The molecule has 0 saturated carbocycles. The molecule has 0 radical (unpaired) electrons. The molecule has 1 aromatic heterocycles. The van der Waals surface area contributed by atoms with Crippen LogP contribution in [0, 0.1) is 13.8 Å². The highest BCUT2D eigenvalue weighted by molar-refractivity contribution is 5.79. The van der Waals surface area contributed by atoms with Crippen molar-refractivity contribution in [3.63, 3.8) is 0 Å². The average Bonchev–Trinajstić information content (AvgIpc) is 2.84. The third-order valence-corrected chi connectivity index (χ3v) is 4.59. The molecule has 0 bridgehead atoms. The molecule has 2 aromatic rings. The largest absolute Gasteiger partial charge is 0.357 e. The van der Waals surface area contributed by atoms with E-state index in [0.29, 0.717) is 6.54 Å². The van der Waals surface area contributed by atoms with Gasteiger partial charge in [0.1, 0.15) is 0 Å². The summed E-state index contributed by atoms with van der Waals surface area (Å²) in [5.41, 5.74) is 6.10. The van der Waals surface area contributed by atoms with Crippen molar-refractivity contribution in [1.82, 2.24) is 20.0 Å². The van der Waals surface area contributed by atoms with Crippen LogP contribution < -0.4 is 5.32 Å². The van der Waals surface area contributed by atoms with Gasteiger partial charge in [-0.15, -0.1) is 0 Å². The van der Waals surface area contributed by atoms with Crippen LogP contribution in [-0.2, 0) is 26.6 Å². The van der Waals surface area contributed by atoms with Gasteiger partial charge >= 0.3 is 0 Å². The van der Waals surface area contributed by atoms with Crippen molar-refractivity contribution in [2.75, 3.05) is 13.6 Å². The van der Waals surface area contributed by atoms with Gasteiger partial charge in [0.15, 0.2) is 5.96 Å². The van der Waals surface area contributed by atoms with Crippen LogP contribution in [0.4, 0.5) is 0 Å². The molecule has 1 N–H and O–H groups in total. The molecule has 0 fully saturated rings. The van der Waals surface area contributed by atoms with Crippen molar-refractivity contribution in [3.05, 3.63) is 52.3 Å². The second kappa shape index (κ2) is 8.70. The van der Waals surface area contributed by atoms with Crippen LogP contribution in [0.1, 0.15) is 41.9 Å². The van der Waals surface area contributed by atoms with E-state index in [1.807, 2.05) is 18.7 Å². The normalized spacial score (nSPS) is 11.7. The molecule has 1 aromatic carbocycles. The van der Waals surface area contributed by atoms with Crippen LogP contribution in [0.2, 0.25) is 0 Å². The molecular weight excluding hydrogens is 310 g/mol. The Morgan fingerprint density at radius 1 is 1.16 bits per heavy atom. The van der Waals surface area contributed by atoms with Gasteiger partial charge in [-0.05, 0) is 38.3 Å². The molecule has 0 amide bonds. The van der Waals surface area contributed by atoms with Crippen LogP contribution in [0.5, 0.6) is 0 Å². The van der Waals surface area contributed by atoms with Crippen LogP contribution in [0.25, 0.3) is 0 Å². The molecule has 136 valence electrons. The Bertz CT molecular complexity index is 712. The summed E-state index contributed by atoms with van der Waals surface area (Å²) in [4.78, 5) is 7.00. The summed E-state index contributed by atoms with van der Waals surface area (Å²) in [6.45, 7) is 10.7. The highest BCUT2D eigenvalue weighted by Gasteiger charge is 2.11. The quantitative estimate of drug-likeness (QED) is 0.648. The maximum atomic E-state index is 4.83. The summed E-state index contributed by atoms with van der Waals surface area (Å²) in [5, 5.41) is 7.87. The van der Waals surface area contributed by atoms with Gasteiger partial charge in [0.2, 0.25) is 0 Å². The number of nitrogens with one attached hydrogen (secondary N) is 1. The van der Waals surface area contributed by atoms with E-state index < -0.39 is 0 Å². The van der Waals surface area contributed by atoms with Gasteiger partial charge in [0, 0.05) is 38.4 Å². The molecule has 25 heavy (non-hydrogen) atoms. The molecule has 0 aliphatic rings. The number of aromatic nitrogens is 2. The van der Waals surface area contributed by atoms with Crippen LogP contribution in [0.3, 0.4) is 0 Å². The van der Waals surface area contributed by atoms with Crippen molar-refractivity contribution in [1.29, 1.82) is 0 Å². The minimum absolute atomic E-state index is 0.646. The Labute approximate surface area is 151 Å². The van der Waals surface area contributed by atoms with Crippen molar-refractivity contribution >= 4 is 5.96 Å². The lowest BCUT2D eigenvalue weighted by Crippen LogP contribution is -2.38.